The molecule has 0 fully saturated rings. The molecule has 0 spiro atoms. The minimum Gasteiger partial charge on any atom is -0.294 e. The van der Waals surface area contributed by atoms with E-state index in [1.54, 1.807) is 6.08 Å². The van der Waals surface area contributed by atoms with Crippen molar-refractivity contribution in [2.75, 3.05) is 0 Å². The van der Waals surface area contributed by atoms with E-state index in [0.29, 0.717) is 4.91 Å². The molecule has 0 aromatic carbocycles. The van der Waals surface area contributed by atoms with Crippen LogP contribution in [0, 0.1) is 10.1 Å². The molecule has 0 saturated carbocycles. The number of allylic oxidation sites excluding steroid dienone is 1. The minimum atomic E-state index is -0.760. The second kappa shape index (κ2) is 3.57. The number of Topliss-reactive ketones (excluding diaryl/α,β-unsaturated/α-hetero) is 1. The highest BCUT2D eigenvalue weighted by Gasteiger charge is 2.37. The van der Waals surface area contributed by atoms with Crippen molar-refractivity contribution in [3.63, 3.8) is 0 Å². The topological polar surface area (TPSA) is 60.2 Å². The van der Waals surface area contributed by atoms with Crippen molar-refractivity contribution >= 4 is 33.5 Å². The number of thioether (sulfide) groups is 1. The lowest BCUT2D eigenvalue weighted by atomic mass is 10.3. The molecule has 0 aromatic heterocycles. The van der Waals surface area contributed by atoms with Gasteiger partial charge in [0.05, 0.1) is 4.91 Å². The van der Waals surface area contributed by atoms with Crippen LogP contribution in [0.3, 0.4) is 0 Å². The zero-order valence-electron chi connectivity index (χ0n) is 6.19. The summed E-state index contributed by atoms with van der Waals surface area (Å²) in [6, 6.07) is 0. The largest absolute Gasteiger partial charge is 0.294 e. The third kappa shape index (κ3) is 1.87. The zero-order chi connectivity index (χ0) is 9.30. The molecule has 0 aliphatic carbocycles. The molecule has 1 aliphatic rings. The number of hydrogen-bond donors (Lipinski definition) is 0. The summed E-state index contributed by atoms with van der Waals surface area (Å²) in [6.07, 6.45) is 1.58. The average molecular weight is 252 g/mol. The molecule has 0 aromatic rings. The Bertz CT molecular complexity index is 266. The summed E-state index contributed by atoms with van der Waals surface area (Å²) < 4.78 is 0. The fraction of sp³-hybridized carbons (Fsp3) is 0.500. The quantitative estimate of drug-likeness (QED) is 0.425. The number of halogens is 1. The summed E-state index contributed by atoms with van der Waals surface area (Å²) in [5, 5.41) is 9.63. The van der Waals surface area contributed by atoms with Gasteiger partial charge in [0.15, 0.2) is 5.78 Å². The molecule has 1 heterocycles. The second-order valence-corrected chi connectivity index (χ2v) is 4.54. The van der Waals surface area contributed by atoms with E-state index in [-0.39, 0.29) is 10.6 Å². The maximum Gasteiger partial charge on any atom is 0.278 e. The highest BCUT2D eigenvalue weighted by molar-refractivity contribution is 9.09. The summed E-state index contributed by atoms with van der Waals surface area (Å²) in [6.45, 7) is 1.40. The number of carbonyl (C=O) groups excluding carboxylic acids is 1. The fourth-order valence-corrected chi connectivity index (χ4v) is 2.72. The number of nitrogens with zero attached hydrogens (tertiary/aromatic N) is 1. The Labute approximate surface area is 81.7 Å². The molecule has 4 nitrogen and oxygen atoms in total. The van der Waals surface area contributed by atoms with Crippen LogP contribution >= 0.6 is 27.7 Å². The maximum atomic E-state index is 10.8. The number of ketones is 1. The van der Waals surface area contributed by atoms with Gasteiger partial charge in [-0.25, -0.2) is 0 Å². The lowest BCUT2D eigenvalue weighted by Crippen LogP contribution is -2.20. The van der Waals surface area contributed by atoms with Crippen LogP contribution < -0.4 is 0 Å². The Morgan fingerprint density at radius 1 is 1.83 bits per heavy atom. The molecule has 12 heavy (non-hydrogen) atoms. The first-order valence-corrected chi connectivity index (χ1v) is 4.99. The molecular weight excluding hydrogens is 246 g/mol. The smallest absolute Gasteiger partial charge is 0.278 e. The van der Waals surface area contributed by atoms with E-state index < -0.39 is 10.3 Å². The van der Waals surface area contributed by atoms with Crippen molar-refractivity contribution in [3.8, 4) is 0 Å². The summed E-state index contributed by atoms with van der Waals surface area (Å²) >= 11 is 4.12. The molecular formula is C6H6BrNO3S. The van der Waals surface area contributed by atoms with Gasteiger partial charge in [0.2, 0.25) is 0 Å². The van der Waals surface area contributed by atoms with Gasteiger partial charge in [-0.3, -0.25) is 14.9 Å². The van der Waals surface area contributed by atoms with Crippen molar-refractivity contribution < 1.29 is 9.72 Å². The standard InChI is InChI=1S/C6H6BrNO3S/c1-3(9)5-2-4(7)6(12-5)8(10)11/h2,4,6H,1H3/t4-,6-/m0/s1. The van der Waals surface area contributed by atoms with E-state index >= 15 is 0 Å². The zero-order valence-corrected chi connectivity index (χ0v) is 8.59. The van der Waals surface area contributed by atoms with Crippen molar-refractivity contribution in [3.05, 3.63) is 21.1 Å². The lowest BCUT2D eigenvalue weighted by molar-refractivity contribution is -0.492. The van der Waals surface area contributed by atoms with Crippen LogP contribution in [0.25, 0.3) is 0 Å². The number of carbonyl (C=O) groups is 1. The van der Waals surface area contributed by atoms with E-state index in [1.807, 2.05) is 0 Å². The third-order valence-electron chi connectivity index (χ3n) is 1.39. The molecule has 0 amide bonds. The molecule has 0 saturated heterocycles. The maximum absolute atomic E-state index is 10.8. The Kier molecular flexibility index (Phi) is 2.89. The minimum absolute atomic E-state index is 0.117. The average Bonchev–Trinajstić information content (AvgIpc) is 2.30. The third-order valence-corrected chi connectivity index (χ3v) is 3.88. The Morgan fingerprint density at radius 2 is 2.42 bits per heavy atom. The van der Waals surface area contributed by atoms with Crippen LogP contribution in [0.4, 0.5) is 0 Å². The number of nitro groups is 1. The van der Waals surface area contributed by atoms with Crippen LogP contribution in [0.15, 0.2) is 11.0 Å². The van der Waals surface area contributed by atoms with E-state index in [1.165, 1.54) is 6.92 Å². The fourth-order valence-electron chi connectivity index (χ4n) is 0.821. The molecule has 2 atom stereocenters. The first-order valence-electron chi connectivity index (χ1n) is 3.19. The molecule has 66 valence electrons. The lowest BCUT2D eigenvalue weighted by Gasteiger charge is -2.02. The Morgan fingerprint density at radius 3 is 2.67 bits per heavy atom. The van der Waals surface area contributed by atoms with E-state index in [4.69, 9.17) is 0 Å². The monoisotopic (exact) mass is 251 g/mol. The molecule has 6 heteroatoms. The SMILES string of the molecule is CC(=O)C1=C[C@H](Br)[C@@H]([N+](=O)[O-])S1. The van der Waals surface area contributed by atoms with Crippen molar-refractivity contribution in [2.45, 2.75) is 17.1 Å². The Balaban J connectivity index is 2.73. The summed E-state index contributed by atoms with van der Waals surface area (Å²) in [5.41, 5.74) is 0. The highest BCUT2D eigenvalue weighted by atomic mass is 79.9. The van der Waals surface area contributed by atoms with Crippen LogP contribution in [-0.4, -0.2) is 20.9 Å². The van der Waals surface area contributed by atoms with Gasteiger partial charge < -0.3 is 0 Å². The van der Waals surface area contributed by atoms with Gasteiger partial charge in [-0.05, 0) is 24.8 Å². The predicted octanol–water partition coefficient (Wildman–Crippen LogP) is 1.57. The van der Waals surface area contributed by atoms with Gasteiger partial charge in [-0.1, -0.05) is 15.9 Å². The number of alkyl halides is 1. The van der Waals surface area contributed by atoms with Crippen LogP contribution in [0.5, 0.6) is 0 Å². The Hall–Kier alpha value is -0.360. The first-order chi connectivity index (χ1) is 5.52. The predicted molar refractivity (Wildman–Crippen MR) is 49.9 cm³/mol. The van der Waals surface area contributed by atoms with Gasteiger partial charge >= 0.3 is 0 Å². The molecule has 1 aliphatic heterocycles. The summed E-state index contributed by atoms with van der Waals surface area (Å²) in [4.78, 5) is 21.0. The number of hydrogen-bond acceptors (Lipinski definition) is 4. The van der Waals surface area contributed by atoms with Gasteiger partial charge in [0, 0.05) is 4.92 Å². The van der Waals surface area contributed by atoms with Gasteiger partial charge in [0.25, 0.3) is 5.37 Å². The van der Waals surface area contributed by atoms with Crippen LogP contribution in [0.1, 0.15) is 6.92 Å². The van der Waals surface area contributed by atoms with Crippen molar-refractivity contribution in [2.24, 2.45) is 0 Å². The van der Waals surface area contributed by atoms with Crippen LogP contribution in [-0.2, 0) is 4.79 Å². The van der Waals surface area contributed by atoms with Crippen LogP contribution in [0.2, 0.25) is 0 Å². The second-order valence-electron chi connectivity index (χ2n) is 2.33. The molecule has 0 bridgehead atoms. The normalized spacial score (nSPS) is 28.3. The van der Waals surface area contributed by atoms with E-state index in [0.717, 1.165) is 11.8 Å². The summed E-state index contributed by atoms with van der Waals surface area (Å²) in [7, 11) is 0. The van der Waals surface area contributed by atoms with Crippen molar-refractivity contribution in [1.82, 2.24) is 0 Å². The molecule has 1 rings (SSSR count). The van der Waals surface area contributed by atoms with Crippen molar-refractivity contribution in [1.29, 1.82) is 0 Å². The highest BCUT2D eigenvalue weighted by Crippen LogP contribution is 2.36. The molecule has 0 unspecified atom stereocenters. The van der Waals surface area contributed by atoms with Gasteiger partial charge in [-0.15, -0.1) is 0 Å². The number of rotatable bonds is 2. The van der Waals surface area contributed by atoms with E-state index in [2.05, 4.69) is 15.9 Å². The summed E-state index contributed by atoms with van der Waals surface area (Å²) in [5.74, 6) is -0.117. The van der Waals surface area contributed by atoms with Gasteiger partial charge in [-0.2, -0.15) is 0 Å². The van der Waals surface area contributed by atoms with E-state index in [9.17, 15) is 14.9 Å². The molecule has 0 N–H and O–H groups in total. The first kappa shape index (κ1) is 9.73. The van der Waals surface area contributed by atoms with Gasteiger partial charge in [0.1, 0.15) is 4.83 Å². The molecule has 0 radical (unpaired) electrons.